The maximum Gasteiger partial charge on any atom is 0.188 e. The molecular weight excluding hydrogens is 312 g/mol. The summed E-state index contributed by atoms with van der Waals surface area (Å²) in [5.41, 5.74) is 2.27. The van der Waals surface area contributed by atoms with Gasteiger partial charge in [-0.3, -0.25) is 4.79 Å². The fraction of sp³-hybridized carbons (Fsp3) is 0.500. The van der Waals surface area contributed by atoms with Crippen LogP contribution in [0.25, 0.3) is 0 Å². The molecule has 0 unspecified atom stereocenters. The molecular formula is C18H26O6. The second-order valence-electron chi connectivity index (χ2n) is 5.40. The molecule has 0 N–H and O–H groups in total. The highest BCUT2D eigenvalue weighted by Crippen LogP contribution is 2.40. The summed E-state index contributed by atoms with van der Waals surface area (Å²) in [7, 11) is 4.59. The lowest BCUT2D eigenvalue weighted by molar-refractivity contribution is 0.0438. The molecule has 1 aromatic carbocycles. The lowest BCUT2D eigenvalue weighted by Crippen LogP contribution is -2.11. The third-order valence-electron chi connectivity index (χ3n) is 3.25. The minimum atomic E-state index is -0.173. The zero-order valence-electron chi connectivity index (χ0n) is 15.2. The fourth-order valence-electron chi connectivity index (χ4n) is 2.18. The first-order valence-corrected chi connectivity index (χ1v) is 7.57. The molecule has 0 fully saturated rings. The van der Waals surface area contributed by atoms with Gasteiger partial charge in [-0.2, -0.15) is 0 Å². The molecule has 0 heterocycles. The molecule has 1 aromatic rings. The summed E-state index contributed by atoms with van der Waals surface area (Å²) in [6.07, 6.45) is 2.60. The highest BCUT2D eigenvalue weighted by atomic mass is 16.7. The van der Waals surface area contributed by atoms with Gasteiger partial charge in [0.25, 0.3) is 0 Å². The number of methoxy groups -OCH3 is 3. The summed E-state index contributed by atoms with van der Waals surface area (Å²) in [5, 5.41) is 0. The Labute approximate surface area is 143 Å². The molecule has 0 aliphatic rings. The van der Waals surface area contributed by atoms with Gasteiger partial charge < -0.3 is 23.7 Å². The van der Waals surface area contributed by atoms with Crippen LogP contribution in [0.1, 0.15) is 36.7 Å². The molecule has 0 saturated carbocycles. The third-order valence-corrected chi connectivity index (χ3v) is 3.25. The molecule has 0 aromatic heterocycles. The highest BCUT2D eigenvalue weighted by molar-refractivity contribution is 6.00. The monoisotopic (exact) mass is 338 g/mol. The molecule has 6 nitrogen and oxygen atoms in total. The van der Waals surface area contributed by atoms with Crippen molar-refractivity contribution in [1.82, 2.24) is 0 Å². The van der Waals surface area contributed by atoms with Crippen molar-refractivity contribution in [2.45, 2.75) is 27.2 Å². The Morgan fingerprint density at radius 1 is 1.00 bits per heavy atom. The van der Waals surface area contributed by atoms with Gasteiger partial charge in [0.1, 0.15) is 22.8 Å². The Morgan fingerprint density at radius 2 is 1.62 bits per heavy atom. The number of Topliss-reactive ketones (excluding diaryl/α,β-unsaturated/α-hetero) is 1. The van der Waals surface area contributed by atoms with Crippen LogP contribution in [0.15, 0.2) is 17.7 Å². The van der Waals surface area contributed by atoms with E-state index in [1.807, 2.05) is 19.9 Å². The van der Waals surface area contributed by atoms with Crippen molar-refractivity contribution in [3.05, 3.63) is 28.8 Å². The topological polar surface area (TPSA) is 63.2 Å². The molecule has 1 rings (SSSR count). The summed E-state index contributed by atoms with van der Waals surface area (Å²) in [4.78, 5) is 12.2. The SMILES string of the molecule is COCOc1cc(OC)c(CC=C(C)C)c(OCOC)c1C(C)=O. The molecule has 134 valence electrons. The number of rotatable bonds is 10. The average molecular weight is 338 g/mol. The molecule has 0 radical (unpaired) electrons. The first-order valence-electron chi connectivity index (χ1n) is 7.57. The maximum absolute atomic E-state index is 12.2. The quantitative estimate of drug-likeness (QED) is 0.370. The maximum atomic E-state index is 12.2. The Kier molecular flexibility index (Phi) is 8.29. The predicted molar refractivity (Wildman–Crippen MR) is 91.1 cm³/mol. The van der Waals surface area contributed by atoms with Crippen molar-refractivity contribution >= 4 is 5.78 Å². The lowest BCUT2D eigenvalue weighted by Gasteiger charge is -2.20. The number of ether oxygens (including phenoxy) is 5. The smallest absolute Gasteiger partial charge is 0.188 e. The van der Waals surface area contributed by atoms with Crippen LogP contribution in [0.2, 0.25) is 0 Å². The van der Waals surface area contributed by atoms with Crippen LogP contribution in [0.4, 0.5) is 0 Å². The van der Waals surface area contributed by atoms with Gasteiger partial charge in [0.2, 0.25) is 0 Å². The van der Waals surface area contributed by atoms with E-state index < -0.39 is 0 Å². The van der Waals surface area contributed by atoms with E-state index in [9.17, 15) is 4.79 Å². The van der Waals surface area contributed by atoms with Crippen molar-refractivity contribution in [2.24, 2.45) is 0 Å². The molecule has 0 spiro atoms. The number of benzene rings is 1. The molecule has 6 heteroatoms. The van der Waals surface area contributed by atoms with Crippen LogP contribution in [0, 0.1) is 0 Å². The lowest BCUT2D eigenvalue weighted by atomic mass is 10.00. The van der Waals surface area contributed by atoms with Gasteiger partial charge in [0.15, 0.2) is 19.4 Å². The Bertz CT molecular complexity index is 588. The molecule has 24 heavy (non-hydrogen) atoms. The van der Waals surface area contributed by atoms with Gasteiger partial charge >= 0.3 is 0 Å². The van der Waals surface area contributed by atoms with E-state index >= 15 is 0 Å². The van der Waals surface area contributed by atoms with Gasteiger partial charge in [0, 0.05) is 25.8 Å². The van der Waals surface area contributed by atoms with Gasteiger partial charge in [-0.25, -0.2) is 0 Å². The van der Waals surface area contributed by atoms with Crippen molar-refractivity contribution in [3.63, 3.8) is 0 Å². The largest absolute Gasteiger partial charge is 0.496 e. The first kappa shape index (κ1) is 20.0. The van der Waals surface area contributed by atoms with Crippen molar-refractivity contribution in [2.75, 3.05) is 34.9 Å². The van der Waals surface area contributed by atoms with Crippen molar-refractivity contribution in [3.8, 4) is 17.2 Å². The van der Waals surface area contributed by atoms with E-state index in [4.69, 9.17) is 23.7 Å². The summed E-state index contributed by atoms with van der Waals surface area (Å²) in [5.74, 6) is 1.17. The number of hydrogen-bond acceptors (Lipinski definition) is 6. The van der Waals surface area contributed by atoms with Crippen LogP contribution in [0.5, 0.6) is 17.2 Å². The zero-order chi connectivity index (χ0) is 18.1. The van der Waals surface area contributed by atoms with Crippen LogP contribution in [-0.2, 0) is 15.9 Å². The number of ketones is 1. The van der Waals surface area contributed by atoms with E-state index in [1.54, 1.807) is 13.2 Å². The highest BCUT2D eigenvalue weighted by Gasteiger charge is 2.23. The molecule has 0 atom stereocenters. The van der Waals surface area contributed by atoms with E-state index in [0.717, 1.165) is 11.1 Å². The summed E-state index contributed by atoms with van der Waals surface area (Å²) in [6, 6.07) is 1.68. The fourth-order valence-corrected chi connectivity index (χ4v) is 2.18. The number of carbonyl (C=O) groups is 1. The molecule has 0 bridgehead atoms. The van der Waals surface area contributed by atoms with Crippen LogP contribution in [0.3, 0.4) is 0 Å². The second-order valence-corrected chi connectivity index (χ2v) is 5.40. The average Bonchev–Trinajstić information content (AvgIpc) is 2.55. The van der Waals surface area contributed by atoms with Gasteiger partial charge in [-0.15, -0.1) is 0 Å². The summed E-state index contributed by atoms with van der Waals surface area (Å²) < 4.78 is 26.6. The minimum absolute atomic E-state index is 0.0129. The molecule has 0 aliphatic heterocycles. The molecule has 0 aliphatic carbocycles. The Morgan fingerprint density at radius 3 is 2.12 bits per heavy atom. The molecule has 0 saturated heterocycles. The first-order chi connectivity index (χ1) is 11.5. The number of allylic oxidation sites excluding steroid dienone is 2. The second kappa shape index (κ2) is 9.95. The summed E-state index contributed by atoms with van der Waals surface area (Å²) in [6.45, 7) is 5.50. The predicted octanol–water partition coefficient (Wildman–Crippen LogP) is 3.37. The van der Waals surface area contributed by atoms with E-state index in [-0.39, 0.29) is 19.4 Å². The zero-order valence-corrected chi connectivity index (χ0v) is 15.2. The number of hydrogen-bond donors (Lipinski definition) is 0. The van der Waals surface area contributed by atoms with Gasteiger partial charge in [-0.05, 0) is 27.2 Å². The van der Waals surface area contributed by atoms with Crippen LogP contribution >= 0.6 is 0 Å². The van der Waals surface area contributed by atoms with Crippen molar-refractivity contribution < 1.29 is 28.5 Å². The Hall–Kier alpha value is -2.05. The molecule has 0 amide bonds. The van der Waals surface area contributed by atoms with Crippen LogP contribution < -0.4 is 14.2 Å². The van der Waals surface area contributed by atoms with E-state index in [1.165, 1.54) is 21.1 Å². The van der Waals surface area contributed by atoms with Crippen LogP contribution in [-0.4, -0.2) is 40.7 Å². The Balaban J connectivity index is 3.55. The standard InChI is InChI=1S/C18H26O6/c1-12(2)7-8-14-15(22-6)9-16(23-10-20-4)17(13(3)19)18(14)24-11-21-5/h7,9H,8,10-11H2,1-6H3. The summed E-state index contributed by atoms with van der Waals surface area (Å²) >= 11 is 0. The van der Waals surface area contributed by atoms with E-state index in [2.05, 4.69) is 0 Å². The van der Waals surface area contributed by atoms with Crippen molar-refractivity contribution in [1.29, 1.82) is 0 Å². The normalized spacial score (nSPS) is 10.2. The third kappa shape index (κ3) is 5.25. The number of carbonyl (C=O) groups excluding carboxylic acids is 1. The van der Waals surface area contributed by atoms with E-state index in [0.29, 0.717) is 29.2 Å². The van der Waals surface area contributed by atoms with Gasteiger partial charge in [0.05, 0.1) is 7.11 Å². The van der Waals surface area contributed by atoms with Gasteiger partial charge in [-0.1, -0.05) is 11.6 Å². The minimum Gasteiger partial charge on any atom is -0.496 e.